The fraction of sp³-hybridized carbons (Fsp3) is 0.188. The Bertz CT molecular complexity index is 799. The van der Waals surface area contributed by atoms with Crippen molar-refractivity contribution in [3.05, 3.63) is 46.0 Å². The highest BCUT2D eigenvalue weighted by atomic mass is 35.5. The second-order valence-electron chi connectivity index (χ2n) is 4.57. The van der Waals surface area contributed by atoms with Crippen molar-refractivity contribution in [2.45, 2.75) is 13.8 Å². The van der Waals surface area contributed by atoms with E-state index in [-0.39, 0.29) is 5.97 Å². The lowest BCUT2D eigenvalue weighted by atomic mass is 10.1. The molecule has 0 saturated carbocycles. The number of hydrogen-bond acceptors (Lipinski definition) is 4. The SMILES string of the molecule is CCOC(=O)c1c(C)sc2c(-c3ccc(Cl)cc3)coc12. The molecule has 0 aliphatic rings. The van der Waals surface area contributed by atoms with Crippen LogP contribution in [0, 0.1) is 6.92 Å². The van der Waals surface area contributed by atoms with E-state index in [1.165, 1.54) is 11.3 Å². The smallest absolute Gasteiger partial charge is 0.343 e. The van der Waals surface area contributed by atoms with Gasteiger partial charge in [-0.2, -0.15) is 0 Å². The first kappa shape index (κ1) is 14.2. The molecule has 3 aromatic rings. The van der Waals surface area contributed by atoms with E-state index in [2.05, 4.69) is 0 Å². The first-order valence-electron chi connectivity index (χ1n) is 6.55. The number of furan rings is 1. The zero-order valence-electron chi connectivity index (χ0n) is 11.6. The number of hydrogen-bond donors (Lipinski definition) is 0. The summed E-state index contributed by atoms with van der Waals surface area (Å²) in [5.41, 5.74) is 3.10. The van der Waals surface area contributed by atoms with E-state index in [4.69, 9.17) is 20.8 Å². The minimum atomic E-state index is -0.335. The van der Waals surface area contributed by atoms with E-state index >= 15 is 0 Å². The van der Waals surface area contributed by atoms with Gasteiger partial charge in [-0.1, -0.05) is 23.7 Å². The fourth-order valence-corrected chi connectivity index (χ4v) is 3.48. The van der Waals surface area contributed by atoms with Crippen molar-refractivity contribution in [2.75, 3.05) is 6.61 Å². The standard InChI is InChI=1S/C16H13ClO3S/c1-3-19-16(18)13-9(2)21-15-12(8-20-14(13)15)10-4-6-11(17)7-5-10/h4-8H,3H2,1-2H3. The molecule has 0 amide bonds. The summed E-state index contributed by atoms with van der Waals surface area (Å²) < 4.78 is 11.7. The molecule has 21 heavy (non-hydrogen) atoms. The molecule has 0 saturated heterocycles. The van der Waals surface area contributed by atoms with Crippen LogP contribution in [0.15, 0.2) is 34.9 Å². The van der Waals surface area contributed by atoms with Crippen LogP contribution in [0.4, 0.5) is 0 Å². The Morgan fingerprint density at radius 2 is 2.05 bits per heavy atom. The summed E-state index contributed by atoms with van der Waals surface area (Å²) in [7, 11) is 0. The minimum Gasteiger partial charge on any atom is -0.462 e. The lowest BCUT2D eigenvalue weighted by Gasteiger charge is -1.99. The number of benzene rings is 1. The highest BCUT2D eigenvalue weighted by Gasteiger charge is 2.23. The van der Waals surface area contributed by atoms with E-state index in [0.717, 1.165) is 20.7 Å². The van der Waals surface area contributed by atoms with Crippen LogP contribution in [0.3, 0.4) is 0 Å². The van der Waals surface area contributed by atoms with Gasteiger partial charge in [-0.3, -0.25) is 0 Å². The highest BCUT2D eigenvalue weighted by molar-refractivity contribution is 7.20. The predicted octanol–water partition coefficient (Wildman–Crippen LogP) is 5.30. The van der Waals surface area contributed by atoms with Crippen molar-refractivity contribution < 1.29 is 13.9 Å². The molecule has 0 atom stereocenters. The van der Waals surface area contributed by atoms with Gasteiger partial charge in [0.2, 0.25) is 0 Å². The highest BCUT2D eigenvalue weighted by Crippen LogP contribution is 2.40. The Balaban J connectivity index is 2.13. The van der Waals surface area contributed by atoms with Crippen molar-refractivity contribution in [2.24, 2.45) is 0 Å². The number of halogens is 1. The van der Waals surface area contributed by atoms with Gasteiger partial charge >= 0.3 is 5.97 Å². The van der Waals surface area contributed by atoms with Crippen molar-refractivity contribution in [1.29, 1.82) is 0 Å². The number of fused-ring (bicyclic) bond motifs is 1. The molecule has 0 aliphatic carbocycles. The summed E-state index contributed by atoms with van der Waals surface area (Å²) in [6.07, 6.45) is 1.67. The average molecular weight is 321 g/mol. The Hall–Kier alpha value is -1.78. The number of thiophene rings is 1. The summed E-state index contributed by atoms with van der Waals surface area (Å²) >= 11 is 7.45. The van der Waals surface area contributed by atoms with Crippen LogP contribution in [-0.2, 0) is 4.74 Å². The van der Waals surface area contributed by atoms with Crippen molar-refractivity contribution >= 4 is 39.2 Å². The Labute approximate surface area is 131 Å². The topological polar surface area (TPSA) is 39.4 Å². The Morgan fingerprint density at radius 3 is 2.71 bits per heavy atom. The van der Waals surface area contributed by atoms with Crippen molar-refractivity contribution in [3.63, 3.8) is 0 Å². The molecule has 1 aromatic carbocycles. The van der Waals surface area contributed by atoms with E-state index in [0.29, 0.717) is 22.8 Å². The summed E-state index contributed by atoms with van der Waals surface area (Å²) in [5, 5.41) is 0.688. The maximum Gasteiger partial charge on any atom is 0.343 e. The maximum atomic E-state index is 12.0. The molecule has 0 bridgehead atoms. The molecule has 3 nitrogen and oxygen atoms in total. The van der Waals surface area contributed by atoms with Gasteiger partial charge in [0.1, 0.15) is 11.8 Å². The average Bonchev–Trinajstić information content (AvgIpc) is 2.97. The van der Waals surface area contributed by atoms with Gasteiger partial charge in [0.05, 0.1) is 11.3 Å². The van der Waals surface area contributed by atoms with Crippen LogP contribution >= 0.6 is 22.9 Å². The summed E-state index contributed by atoms with van der Waals surface area (Å²) in [4.78, 5) is 12.9. The summed E-state index contributed by atoms with van der Waals surface area (Å²) in [5.74, 6) is -0.335. The molecule has 0 fully saturated rings. The van der Waals surface area contributed by atoms with Gasteiger partial charge in [-0.05, 0) is 31.5 Å². The number of rotatable bonds is 3. The van der Waals surface area contributed by atoms with E-state index in [1.54, 1.807) is 13.2 Å². The van der Waals surface area contributed by atoms with Crippen LogP contribution < -0.4 is 0 Å². The van der Waals surface area contributed by atoms with Gasteiger partial charge in [-0.15, -0.1) is 11.3 Å². The third-order valence-corrected chi connectivity index (χ3v) is 4.59. The quantitative estimate of drug-likeness (QED) is 0.615. The monoisotopic (exact) mass is 320 g/mol. The zero-order chi connectivity index (χ0) is 15.0. The van der Waals surface area contributed by atoms with E-state index in [9.17, 15) is 4.79 Å². The van der Waals surface area contributed by atoms with Crippen LogP contribution in [0.2, 0.25) is 5.02 Å². The molecule has 0 aliphatic heterocycles. The number of ether oxygens (including phenoxy) is 1. The summed E-state index contributed by atoms with van der Waals surface area (Å²) in [6.45, 7) is 4.04. The lowest BCUT2D eigenvalue weighted by Crippen LogP contribution is -2.04. The third-order valence-electron chi connectivity index (χ3n) is 3.21. The molecule has 0 spiro atoms. The molecule has 2 heterocycles. The fourth-order valence-electron chi connectivity index (χ4n) is 2.25. The van der Waals surface area contributed by atoms with Crippen LogP contribution in [0.5, 0.6) is 0 Å². The first-order valence-corrected chi connectivity index (χ1v) is 7.75. The second-order valence-corrected chi connectivity index (χ2v) is 6.23. The van der Waals surface area contributed by atoms with Gasteiger partial charge in [0, 0.05) is 15.5 Å². The molecule has 2 aromatic heterocycles. The van der Waals surface area contributed by atoms with Crippen molar-refractivity contribution in [3.8, 4) is 11.1 Å². The zero-order valence-corrected chi connectivity index (χ0v) is 13.2. The Kier molecular flexibility index (Phi) is 3.74. The number of aryl methyl sites for hydroxylation is 1. The number of carbonyl (C=O) groups excluding carboxylic acids is 1. The van der Waals surface area contributed by atoms with Gasteiger partial charge in [0.25, 0.3) is 0 Å². The lowest BCUT2D eigenvalue weighted by molar-refractivity contribution is 0.0527. The number of carbonyl (C=O) groups is 1. The molecule has 0 radical (unpaired) electrons. The predicted molar refractivity (Wildman–Crippen MR) is 85.2 cm³/mol. The second kappa shape index (κ2) is 5.54. The Morgan fingerprint density at radius 1 is 1.33 bits per heavy atom. The van der Waals surface area contributed by atoms with Gasteiger partial charge < -0.3 is 9.15 Å². The summed E-state index contributed by atoms with van der Waals surface area (Å²) in [6, 6.07) is 7.54. The van der Waals surface area contributed by atoms with Crippen LogP contribution in [0.25, 0.3) is 21.4 Å². The normalized spacial score (nSPS) is 11.0. The molecule has 5 heteroatoms. The minimum absolute atomic E-state index is 0.335. The van der Waals surface area contributed by atoms with Crippen molar-refractivity contribution in [1.82, 2.24) is 0 Å². The molecule has 0 unspecified atom stereocenters. The maximum absolute atomic E-state index is 12.0. The molecular weight excluding hydrogens is 308 g/mol. The van der Waals surface area contributed by atoms with Crippen LogP contribution in [-0.4, -0.2) is 12.6 Å². The van der Waals surface area contributed by atoms with Crippen LogP contribution in [0.1, 0.15) is 22.2 Å². The molecule has 108 valence electrons. The number of esters is 1. The van der Waals surface area contributed by atoms with E-state index < -0.39 is 0 Å². The van der Waals surface area contributed by atoms with Gasteiger partial charge in [0.15, 0.2) is 5.58 Å². The largest absolute Gasteiger partial charge is 0.462 e. The van der Waals surface area contributed by atoms with E-state index in [1.807, 2.05) is 31.2 Å². The molecular formula is C16H13ClO3S. The molecule has 0 N–H and O–H groups in total. The molecule has 3 rings (SSSR count). The third kappa shape index (κ3) is 2.45. The first-order chi connectivity index (χ1) is 10.1. The van der Waals surface area contributed by atoms with Gasteiger partial charge in [-0.25, -0.2) is 4.79 Å².